The normalized spacial score (nSPS) is 11.5. The summed E-state index contributed by atoms with van der Waals surface area (Å²) in [5, 5.41) is 7.29. The Morgan fingerprint density at radius 3 is 2.50 bits per heavy atom. The van der Waals surface area contributed by atoms with Gasteiger partial charge in [-0.1, -0.05) is 52.3 Å². The van der Waals surface area contributed by atoms with E-state index in [4.69, 9.17) is 0 Å². The molecule has 118 valence electrons. The van der Waals surface area contributed by atoms with Gasteiger partial charge in [-0.25, -0.2) is 4.68 Å². The van der Waals surface area contributed by atoms with Gasteiger partial charge in [0.1, 0.15) is 5.82 Å². The van der Waals surface area contributed by atoms with Gasteiger partial charge < -0.3 is 0 Å². The van der Waals surface area contributed by atoms with Crippen LogP contribution >= 0.6 is 0 Å². The molecule has 1 N–H and O–H groups in total. The van der Waals surface area contributed by atoms with E-state index in [0.717, 1.165) is 30.8 Å². The maximum Gasteiger partial charge on any atom is 0.249 e. The van der Waals surface area contributed by atoms with E-state index in [-0.39, 0.29) is 5.91 Å². The minimum atomic E-state index is -0.417. The molecule has 0 aliphatic carbocycles. The van der Waals surface area contributed by atoms with E-state index < -0.39 is 5.41 Å². The molecule has 1 heterocycles. The van der Waals surface area contributed by atoms with Crippen LogP contribution in [0.1, 0.15) is 46.4 Å². The number of aryl methyl sites for hydroxylation is 1. The number of carbonyl (C=O) groups is 1. The van der Waals surface area contributed by atoms with E-state index in [2.05, 4.69) is 22.3 Å². The van der Waals surface area contributed by atoms with E-state index >= 15 is 0 Å². The van der Waals surface area contributed by atoms with Crippen molar-refractivity contribution in [2.24, 2.45) is 5.41 Å². The average Bonchev–Trinajstić information content (AvgIpc) is 2.91. The van der Waals surface area contributed by atoms with Gasteiger partial charge in [0.2, 0.25) is 11.9 Å². The summed E-state index contributed by atoms with van der Waals surface area (Å²) in [5.74, 6) is 1.16. The lowest BCUT2D eigenvalue weighted by atomic mass is 9.87. The number of hydrogen-bond donors (Lipinski definition) is 1. The van der Waals surface area contributed by atoms with E-state index in [1.807, 2.05) is 51.1 Å². The molecule has 1 aromatic carbocycles. The quantitative estimate of drug-likeness (QED) is 0.886. The Labute approximate surface area is 131 Å². The summed E-state index contributed by atoms with van der Waals surface area (Å²) >= 11 is 0. The molecule has 5 nitrogen and oxygen atoms in total. The first-order valence-corrected chi connectivity index (χ1v) is 7.80. The van der Waals surface area contributed by atoms with Gasteiger partial charge in [0, 0.05) is 11.8 Å². The lowest BCUT2D eigenvalue weighted by Crippen LogP contribution is -2.31. The van der Waals surface area contributed by atoms with Gasteiger partial charge in [-0.05, 0) is 18.6 Å². The summed E-state index contributed by atoms with van der Waals surface area (Å²) < 4.78 is 1.78. The Morgan fingerprint density at radius 2 is 1.91 bits per heavy atom. The van der Waals surface area contributed by atoms with Gasteiger partial charge in [0.25, 0.3) is 0 Å². The van der Waals surface area contributed by atoms with Gasteiger partial charge in [0.15, 0.2) is 0 Å². The van der Waals surface area contributed by atoms with Crippen molar-refractivity contribution in [3.05, 3.63) is 36.2 Å². The molecular weight excluding hydrogens is 276 g/mol. The molecule has 1 aromatic heterocycles. The molecule has 0 saturated carbocycles. The molecule has 5 heteroatoms. The van der Waals surface area contributed by atoms with Crippen LogP contribution < -0.4 is 5.32 Å². The Balaban J connectivity index is 2.24. The molecule has 2 rings (SSSR count). The summed E-state index contributed by atoms with van der Waals surface area (Å²) in [6.07, 6.45) is 2.54. The highest BCUT2D eigenvalue weighted by atomic mass is 16.2. The van der Waals surface area contributed by atoms with Crippen molar-refractivity contribution in [1.29, 1.82) is 0 Å². The maximum atomic E-state index is 12.4. The van der Waals surface area contributed by atoms with Crippen molar-refractivity contribution in [3.8, 4) is 5.69 Å². The van der Waals surface area contributed by atoms with Crippen LogP contribution in [0.15, 0.2) is 30.3 Å². The van der Waals surface area contributed by atoms with E-state index in [0.29, 0.717) is 5.95 Å². The van der Waals surface area contributed by atoms with E-state index in [1.165, 1.54) is 0 Å². The third-order valence-electron chi connectivity index (χ3n) is 3.71. The fraction of sp³-hybridized carbons (Fsp3) is 0.471. The Kier molecular flexibility index (Phi) is 4.96. The van der Waals surface area contributed by atoms with Crippen molar-refractivity contribution >= 4 is 11.9 Å². The number of rotatable bonds is 6. The molecule has 1 amide bonds. The number of para-hydroxylation sites is 1. The summed E-state index contributed by atoms with van der Waals surface area (Å²) in [6.45, 7) is 7.99. The molecule has 0 atom stereocenters. The van der Waals surface area contributed by atoms with Crippen molar-refractivity contribution in [2.45, 2.75) is 47.0 Å². The highest BCUT2D eigenvalue weighted by Gasteiger charge is 2.27. The van der Waals surface area contributed by atoms with Crippen LogP contribution in [0.4, 0.5) is 5.95 Å². The van der Waals surface area contributed by atoms with Crippen molar-refractivity contribution in [1.82, 2.24) is 14.8 Å². The van der Waals surface area contributed by atoms with Crippen molar-refractivity contribution in [2.75, 3.05) is 5.32 Å². The first-order chi connectivity index (χ1) is 10.5. The minimum absolute atomic E-state index is 0.0396. The molecule has 0 unspecified atom stereocenters. The Morgan fingerprint density at radius 1 is 1.23 bits per heavy atom. The van der Waals surface area contributed by atoms with Crippen molar-refractivity contribution in [3.63, 3.8) is 0 Å². The van der Waals surface area contributed by atoms with Crippen LogP contribution in [0.2, 0.25) is 0 Å². The summed E-state index contributed by atoms with van der Waals surface area (Å²) in [7, 11) is 0. The van der Waals surface area contributed by atoms with Gasteiger partial charge in [-0.2, -0.15) is 4.98 Å². The second-order valence-electron chi connectivity index (χ2n) is 6.04. The zero-order valence-electron chi connectivity index (χ0n) is 13.8. The number of carbonyl (C=O) groups excluding carboxylic acids is 1. The van der Waals surface area contributed by atoms with Crippen LogP contribution in [0.25, 0.3) is 5.69 Å². The summed E-state index contributed by atoms with van der Waals surface area (Å²) in [4.78, 5) is 16.8. The smallest absolute Gasteiger partial charge is 0.249 e. The second-order valence-corrected chi connectivity index (χ2v) is 6.04. The van der Waals surface area contributed by atoms with Crippen LogP contribution in [0.5, 0.6) is 0 Å². The zero-order valence-corrected chi connectivity index (χ0v) is 13.8. The molecule has 0 bridgehead atoms. The highest BCUT2D eigenvalue weighted by Crippen LogP contribution is 2.24. The topological polar surface area (TPSA) is 59.8 Å². The van der Waals surface area contributed by atoms with Gasteiger partial charge in [-0.3, -0.25) is 10.1 Å². The maximum absolute atomic E-state index is 12.4. The average molecular weight is 300 g/mol. The fourth-order valence-corrected chi connectivity index (χ4v) is 2.41. The summed E-state index contributed by atoms with van der Waals surface area (Å²) in [5.41, 5.74) is 0.527. The van der Waals surface area contributed by atoms with E-state index in [1.54, 1.807) is 4.68 Å². The SMILES string of the molecule is CCCC(C)(C)C(=O)Nc1nc(CC)n(-c2ccccc2)n1. The molecular formula is C17H24N4O. The second kappa shape index (κ2) is 6.73. The molecule has 0 fully saturated rings. The van der Waals surface area contributed by atoms with Gasteiger partial charge in [-0.15, -0.1) is 5.10 Å². The number of nitrogens with zero attached hydrogens (tertiary/aromatic N) is 3. The largest absolute Gasteiger partial charge is 0.293 e. The fourth-order valence-electron chi connectivity index (χ4n) is 2.41. The molecule has 0 saturated heterocycles. The molecule has 0 aliphatic rings. The summed E-state index contributed by atoms with van der Waals surface area (Å²) in [6, 6.07) is 9.82. The predicted octanol–water partition coefficient (Wildman–Crippen LogP) is 3.59. The van der Waals surface area contributed by atoms with Crippen LogP contribution in [-0.2, 0) is 11.2 Å². The number of benzene rings is 1. The van der Waals surface area contributed by atoms with E-state index in [9.17, 15) is 4.79 Å². The first-order valence-electron chi connectivity index (χ1n) is 7.80. The van der Waals surface area contributed by atoms with Gasteiger partial charge >= 0.3 is 0 Å². The molecule has 22 heavy (non-hydrogen) atoms. The molecule has 2 aromatic rings. The Bertz CT molecular complexity index is 631. The third-order valence-corrected chi connectivity index (χ3v) is 3.71. The standard InChI is InChI=1S/C17H24N4O/c1-5-12-17(3,4)15(22)19-16-18-14(6-2)21(20-16)13-10-8-7-9-11-13/h7-11H,5-6,12H2,1-4H3,(H,19,20,22). The van der Waals surface area contributed by atoms with Crippen LogP contribution in [-0.4, -0.2) is 20.7 Å². The first kappa shape index (κ1) is 16.2. The zero-order chi connectivity index (χ0) is 16.2. The molecule has 0 spiro atoms. The number of aromatic nitrogens is 3. The number of anilines is 1. The van der Waals surface area contributed by atoms with Gasteiger partial charge in [0.05, 0.1) is 5.69 Å². The minimum Gasteiger partial charge on any atom is -0.293 e. The molecule has 0 aliphatic heterocycles. The predicted molar refractivity (Wildman–Crippen MR) is 88.1 cm³/mol. The lowest BCUT2D eigenvalue weighted by molar-refractivity contribution is -0.124. The van der Waals surface area contributed by atoms with Crippen LogP contribution in [0.3, 0.4) is 0 Å². The lowest BCUT2D eigenvalue weighted by Gasteiger charge is -2.21. The monoisotopic (exact) mass is 300 g/mol. The number of nitrogens with one attached hydrogen (secondary N) is 1. The number of amides is 1. The highest BCUT2D eigenvalue weighted by molar-refractivity contribution is 5.93. The van der Waals surface area contributed by atoms with Crippen LogP contribution in [0, 0.1) is 5.41 Å². The Hall–Kier alpha value is -2.17. The van der Waals surface area contributed by atoms with Crippen molar-refractivity contribution < 1.29 is 4.79 Å². The molecule has 0 radical (unpaired) electrons. The number of hydrogen-bond acceptors (Lipinski definition) is 3. The third kappa shape index (κ3) is 3.53.